The Kier molecular flexibility index (Phi) is 4.74. The van der Waals surface area contributed by atoms with Gasteiger partial charge in [-0.25, -0.2) is 0 Å². The predicted molar refractivity (Wildman–Crippen MR) is 84.6 cm³/mol. The standard InChI is InChI=1S/C16H11Cl2NO2/c1-21-16-7-10(2-5-15(16)20)6-11(9-19)13-4-3-12(17)8-14(13)18/h2-8,20H,1H3/b11-6-. The molecule has 1 N–H and O–H groups in total. The Bertz CT molecular complexity index is 748. The molecule has 0 aromatic heterocycles. The van der Waals surface area contributed by atoms with E-state index in [0.717, 1.165) is 0 Å². The molecule has 2 rings (SSSR count). The van der Waals surface area contributed by atoms with Crippen molar-refractivity contribution >= 4 is 34.9 Å². The van der Waals surface area contributed by atoms with Crippen molar-refractivity contribution in [2.24, 2.45) is 0 Å². The Balaban J connectivity index is 2.48. The van der Waals surface area contributed by atoms with Gasteiger partial charge in [-0.1, -0.05) is 35.3 Å². The lowest BCUT2D eigenvalue weighted by molar-refractivity contribution is 0.373. The highest BCUT2D eigenvalue weighted by Crippen LogP contribution is 2.31. The first-order valence-corrected chi connectivity index (χ1v) is 6.75. The van der Waals surface area contributed by atoms with Gasteiger partial charge in [0.25, 0.3) is 0 Å². The smallest absolute Gasteiger partial charge is 0.161 e. The van der Waals surface area contributed by atoms with Crippen molar-refractivity contribution in [1.29, 1.82) is 5.26 Å². The Morgan fingerprint density at radius 3 is 2.62 bits per heavy atom. The highest BCUT2D eigenvalue weighted by atomic mass is 35.5. The van der Waals surface area contributed by atoms with Crippen LogP contribution in [-0.4, -0.2) is 12.2 Å². The second-order valence-electron chi connectivity index (χ2n) is 4.23. The van der Waals surface area contributed by atoms with Crippen LogP contribution >= 0.6 is 23.2 Å². The Morgan fingerprint density at radius 2 is 2.00 bits per heavy atom. The zero-order valence-electron chi connectivity index (χ0n) is 11.1. The van der Waals surface area contributed by atoms with E-state index in [1.807, 2.05) is 0 Å². The number of phenolic OH excluding ortho intramolecular Hbond substituents is 1. The minimum absolute atomic E-state index is 0.0395. The Morgan fingerprint density at radius 1 is 1.24 bits per heavy atom. The average molecular weight is 320 g/mol. The van der Waals surface area contributed by atoms with Gasteiger partial charge in [-0.2, -0.15) is 5.26 Å². The van der Waals surface area contributed by atoms with Crippen LogP contribution < -0.4 is 4.74 Å². The molecule has 0 unspecified atom stereocenters. The summed E-state index contributed by atoms with van der Waals surface area (Å²) >= 11 is 12.0. The molecule has 0 amide bonds. The third kappa shape index (κ3) is 3.49. The summed E-state index contributed by atoms with van der Waals surface area (Å²) in [5.41, 5.74) is 1.70. The number of aromatic hydroxyl groups is 1. The first kappa shape index (κ1) is 15.2. The van der Waals surface area contributed by atoms with E-state index in [2.05, 4.69) is 6.07 Å². The van der Waals surface area contributed by atoms with Crippen molar-refractivity contribution in [2.75, 3.05) is 7.11 Å². The summed E-state index contributed by atoms with van der Waals surface area (Å²) in [6, 6.07) is 11.9. The van der Waals surface area contributed by atoms with E-state index in [-0.39, 0.29) is 5.75 Å². The van der Waals surface area contributed by atoms with E-state index in [9.17, 15) is 10.4 Å². The van der Waals surface area contributed by atoms with Gasteiger partial charge in [0.1, 0.15) is 0 Å². The molecule has 2 aromatic carbocycles. The van der Waals surface area contributed by atoms with Crippen LogP contribution in [0.4, 0.5) is 0 Å². The third-order valence-electron chi connectivity index (χ3n) is 2.86. The predicted octanol–water partition coefficient (Wildman–Crippen LogP) is 4.77. The number of methoxy groups -OCH3 is 1. The minimum atomic E-state index is 0.0395. The summed E-state index contributed by atoms with van der Waals surface area (Å²) in [6.07, 6.45) is 1.66. The molecular formula is C16H11Cl2NO2. The van der Waals surface area contributed by atoms with Gasteiger partial charge in [0.15, 0.2) is 11.5 Å². The normalized spacial score (nSPS) is 11.0. The van der Waals surface area contributed by atoms with Gasteiger partial charge in [0.05, 0.1) is 23.8 Å². The fraction of sp³-hybridized carbons (Fsp3) is 0.0625. The molecule has 2 aromatic rings. The first-order valence-electron chi connectivity index (χ1n) is 5.99. The van der Waals surface area contributed by atoms with Crippen molar-refractivity contribution < 1.29 is 9.84 Å². The molecular weight excluding hydrogens is 309 g/mol. The fourth-order valence-corrected chi connectivity index (χ4v) is 2.34. The lowest BCUT2D eigenvalue weighted by atomic mass is 10.0. The van der Waals surface area contributed by atoms with E-state index < -0.39 is 0 Å². The van der Waals surface area contributed by atoms with Crippen molar-refractivity contribution in [1.82, 2.24) is 0 Å². The Labute approximate surface area is 132 Å². The number of nitriles is 1. The number of nitrogens with zero attached hydrogens (tertiary/aromatic N) is 1. The zero-order chi connectivity index (χ0) is 15.4. The topological polar surface area (TPSA) is 53.2 Å². The maximum absolute atomic E-state index is 9.57. The number of allylic oxidation sites excluding steroid dienone is 1. The summed E-state index contributed by atoms with van der Waals surface area (Å²) in [5, 5.41) is 19.8. The lowest BCUT2D eigenvalue weighted by Gasteiger charge is -2.06. The number of phenols is 1. The van der Waals surface area contributed by atoms with Crippen molar-refractivity contribution in [3.05, 3.63) is 57.6 Å². The van der Waals surface area contributed by atoms with E-state index in [1.54, 1.807) is 36.4 Å². The molecule has 0 aliphatic heterocycles. The first-order chi connectivity index (χ1) is 10.0. The van der Waals surface area contributed by atoms with E-state index in [4.69, 9.17) is 27.9 Å². The number of halogens is 2. The molecule has 0 fully saturated rings. The lowest BCUT2D eigenvalue weighted by Crippen LogP contribution is -1.87. The summed E-state index contributed by atoms with van der Waals surface area (Å²) in [4.78, 5) is 0. The maximum Gasteiger partial charge on any atom is 0.161 e. The Hall–Kier alpha value is -2.15. The SMILES string of the molecule is COc1cc(/C=C(/C#N)c2ccc(Cl)cc2Cl)ccc1O. The van der Waals surface area contributed by atoms with Gasteiger partial charge in [0, 0.05) is 10.6 Å². The molecule has 0 aliphatic carbocycles. The van der Waals surface area contributed by atoms with Crippen LogP contribution in [0.1, 0.15) is 11.1 Å². The quantitative estimate of drug-likeness (QED) is 0.654. The van der Waals surface area contributed by atoms with Crippen LogP contribution in [0.3, 0.4) is 0 Å². The molecule has 0 aliphatic rings. The van der Waals surface area contributed by atoms with Crippen LogP contribution in [0.15, 0.2) is 36.4 Å². The molecule has 5 heteroatoms. The summed E-state index contributed by atoms with van der Waals surface area (Å²) in [6.45, 7) is 0. The molecule has 106 valence electrons. The number of ether oxygens (including phenoxy) is 1. The van der Waals surface area contributed by atoms with E-state index >= 15 is 0 Å². The zero-order valence-corrected chi connectivity index (χ0v) is 12.6. The van der Waals surface area contributed by atoms with Crippen LogP contribution in [0.2, 0.25) is 10.0 Å². The van der Waals surface area contributed by atoms with E-state index in [0.29, 0.717) is 32.5 Å². The van der Waals surface area contributed by atoms with E-state index in [1.165, 1.54) is 13.2 Å². The second kappa shape index (κ2) is 6.53. The van der Waals surface area contributed by atoms with Gasteiger partial charge in [-0.3, -0.25) is 0 Å². The summed E-state index contributed by atoms with van der Waals surface area (Å²) in [5.74, 6) is 0.376. The molecule has 0 spiro atoms. The number of hydrogen-bond acceptors (Lipinski definition) is 3. The van der Waals surface area contributed by atoms with Crippen LogP contribution in [0.5, 0.6) is 11.5 Å². The van der Waals surface area contributed by atoms with Crippen LogP contribution in [0, 0.1) is 11.3 Å². The molecule has 0 saturated carbocycles. The summed E-state index contributed by atoms with van der Waals surface area (Å²) in [7, 11) is 1.46. The number of benzene rings is 2. The second-order valence-corrected chi connectivity index (χ2v) is 5.07. The maximum atomic E-state index is 9.57. The highest BCUT2D eigenvalue weighted by Gasteiger charge is 2.08. The van der Waals surface area contributed by atoms with Gasteiger partial charge in [0.2, 0.25) is 0 Å². The largest absolute Gasteiger partial charge is 0.504 e. The van der Waals surface area contributed by atoms with Crippen LogP contribution in [0.25, 0.3) is 11.6 Å². The van der Waals surface area contributed by atoms with Gasteiger partial charge < -0.3 is 9.84 Å². The summed E-state index contributed by atoms with van der Waals surface area (Å²) < 4.78 is 5.04. The molecule has 0 heterocycles. The number of hydrogen-bond donors (Lipinski definition) is 1. The van der Waals surface area contributed by atoms with Crippen LogP contribution in [-0.2, 0) is 0 Å². The fourth-order valence-electron chi connectivity index (χ4n) is 1.83. The average Bonchev–Trinajstić information content (AvgIpc) is 2.47. The monoisotopic (exact) mass is 319 g/mol. The molecule has 0 radical (unpaired) electrons. The van der Waals surface area contributed by atoms with Gasteiger partial charge in [-0.15, -0.1) is 0 Å². The van der Waals surface area contributed by atoms with Gasteiger partial charge in [-0.05, 0) is 35.9 Å². The molecule has 0 bridgehead atoms. The molecule has 21 heavy (non-hydrogen) atoms. The number of rotatable bonds is 3. The molecule has 0 saturated heterocycles. The molecule has 0 atom stereocenters. The highest BCUT2D eigenvalue weighted by molar-refractivity contribution is 6.36. The minimum Gasteiger partial charge on any atom is -0.504 e. The third-order valence-corrected chi connectivity index (χ3v) is 3.40. The molecule has 3 nitrogen and oxygen atoms in total. The van der Waals surface area contributed by atoms with Crippen molar-refractivity contribution in [3.8, 4) is 17.6 Å². The van der Waals surface area contributed by atoms with Crippen molar-refractivity contribution in [3.63, 3.8) is 0 Å². The van der Waals surface area contributed by atoms with Gasteiger partial charge >= 0.3 is 0 Å². The van der Waals surface area contributed by atoms with Crippen molar-refractivity contribution in [2.45, 2.75) is 0 Å².